The van der Waals surface area contributed by atoms with E-state index in [0.717, 1.165) is 30.8 Å². The maximum absolute atomic E-state index is 11.8. The van der Waals surface area contributed by atoms with Crippen molar-refractivity contribution in [1.29, 1.82) is 0 Å². The van der Waals surface area contributed by atoms with Gasteiger partial charge in [-0.3, -0.25) is 10.1 Å². The summed E-state index contributed by atoms with van der Waals surface area (Å²) >= 11 is 1.78. The van der Waals surface area contributed by atoms with E-state index in [2.05, 4.69) is 5.32 Å². The van der Waals surface area contributed by atoms with Gasteiger partial charge in [0.1, 0.15) is 5.54 Å². The van der Waals surface area contributed by atoms with Crippen LogP contribution in [0, 0.1) is 5.92 Å². The molecule has 0 aromatic heterocycles. The van der Waals surface area contributed by atoms with Crippen molar-refractivity contribution in [3.05, 3.63) is 0 Å². The number of carbonyl (C=O) groups excluding carboxylic acids is 1. The van der Waals surface area contributed by atoms with Crippen molar-refractivity contribution < 1.29 is 14.6 Å². The van der Waals surface area contributed by atoms with E-state index in [0.29, 0.717) is 12.0 Å². The van der Waals surface area contributed by atoms with Crippen molar-refractivity contribution in [2.75, 3.05) is 25.2 Å². The van der Waals surface area contributed by atoms with E-state index in [1.54, 1.807) is 11.8 Å². The third kappa shape index (κ3) is 5.16. The van der Waals surface area contributed by atoms with Crippen LogP contribution in [-0.2, 0) is 9.53 Å². The highest BCUT2D eigenvalue weighted by molar-refractivity contribution is 7.99. The van der Waals surface area contributed by atoms with Crippen LogP contribution in [-0.4, -0.2) is 47.9 Å². The Kier molecular flexibility index (Phi) is 6.46. The Bertz CT molecular complexity index is 271. The SMILES string of the molecule is COC(=O)C(C)(CCSCC(C)CO)NC1CC1. The highest BCUT2D eigenvalue weighted by Crippen LogP contribution is 2.26. The van der Waals surface area contributed by atoms with Gasteiger partial charge < -0.3 is 9.84 Å². The molecule has 0 aromatic rings. The average molecular weight is 275 g/mol. The molecule has 2 N–H and O–H groups in total. The number of thioether (sulfide) groups is 1. The van der Waals surface area contributed by atoms with Gasteiger partial charge >= 0.3 is 5.97 Å². The number of nitrogens with one attached hydrogen (secondary N) is 1. The summed E-state index contributed by atoms with van der Waals surface area (Å²) in [5, 5.41) is 12.3. The number of esters is 1. The molecule has 1 aliphatic rings. The predicted octanol–water partition coefficient (Wildman–Crippen LogP) is 1.42. The molecule has 0 spiro atoms. The molecule has 18 heavy (non-hydrogen) atoms. The lowest BCUT2D eigenvalue weighted by Crippen LogP contribution is -2.51. The van der Waals surface area contributed by atoms with Crippen LogP contribution in [0.15, 0.2) is 0 Å². The number of aliphatic hydroxyl groups is 1. The Hall–Kier alpha value is -0.260. The van der Waals surface area contributed by atoms with E-state index in [9.17, 15) is 4.79 Å². The number of aliphatic hydroxyl groups excluding tert-OH is 1. The van der Waals surface area contributed by atoms with Crippen molar-refractivity contribution >= 4 is 17.7 Å². The third-order valence-corrected chi connectivity index (χ3v) is 4.49. The predicted molar refractivity (Wildman–Crippen MR) is 74.8 cm³/mol. The molecular weight excluding hydrogens is 250 g/mol. The molecule has 0 radical (unpaired) electrons. The van der Waals surface area contributed by atoms with Crippen molar-refractivity contribution in [2.24, 2.45) is 5.92 Å². The summed E-state index contributed by atoms with van der Waals surface area (Å²) in [6.07, 6.45) is 3.07. The van der Waals surface area contributed by atoms with Crippen molar-refractivity contribution in [3.63, 3.8) is 0 Å². The molecule has 1 rings (SSSR count). The van der Waals surface area contributed by atoms with Gasteiger partial charge in [-0.1, -0.05) is 6.92 Å². The summed E-state index contributed by atoms with van der Waals surface area (Å²) in [5.41, 5.74) is -0.564. The Morgan fingerprint density at radius 3 is 2.78 bits per heavy atom. The Labute approximate surface area is 114 Å². The summed E-state index contributed by atoms with van der Waals surface area (Å²) in [6.45, 7) is 4.17. The highest BCUT2D eigenvalue weighted by Gasteiger charge is 2.38. The Balaban J connectivity index is 2.33. The molecule has 5 heteroatoms. The van der Waals surface area contributed by atoms with Crippen molar-refractivity contribution in [3.8, 4) is 0 Å². The fourth-order valence-electron chi connectivity index (χ4n) is 1.75. The summed E-state index contributed by atoms with van der Waals surface area (Å²) < 4.78 is 4.89. The molecule has 1 fully saturated rings. The van der Waals surface area contributed by atoms with Crippen LogP contribution in [0.1, 0.15) is 33.1 Å². The first kappa shape index (κ1) is 15.8. The molecule has 4 nitrogen and oxygen atoms in total. The van der Waals surface area contributed by atoms with E-state index in [-0.39, 0.29) is 12.6 Å². The molecule has 0 saturated heterocycles. The van der Waals surface area contributed by atoms with Gasteiger partial charge in [0.25, 0.3) is 0 Å². The Morgan fingerprint density at radius 2 is 2.28 bits per heavy atom. The minimum atomic E-state index is -0.564. The standard InChI is InChI=1S/C13H25NO3S/c1-10(8-15)9-18-7-6-13(2,12(16)17-3)14-11-4-5-11/h10-11,14-15H,4-9H2,1-3H3. The van der Waals surface area contributed by atoms with Gasteiger partial charge in [0.05, 0.1) is 7.11 Å². The topological polar surface area (TPSA) is 58.6 Å². The van der Waals surface area contributed by atoms with Crippen molar-refractivity contribution in [1.82, 2.24) is 5.32 Å². The minimum Gasteiger partial charge on any atom is -0.468 e. The zero-order chi connectivity index (χ0) is 13.6. The van der Waals surface area contributed by atoms with E-state index in [1.807, 2.05) is 13.8 Å². The zero-order valence-corrected chi connectivity index (χ0v) is 12.4. The molecular formula is C13H25NO3S. The summed E-state index contributed by atoms with van der Waals surface area (Å²) in [7, 11) is 1.44. The molecule has 0 amide bonds. The first-order valence-corrected chi connectivity index (χ1v) is 7.72. The van der Waals surface area contributed by atoms with Gasteiger partial charge in [0.15, 0.2) is 0 Å². The second-order valence-corrected chi connectivity index (χ2v) is 6.50. The van der Waals surface area contributed by atoms with Gasteiger partial charge in [-0.25, -0.2) is 0 Å². The largest absolute Gasteiger partial charge is 0.468 e. The first-order valence-electron chi connectivity index (χ1n) is 6.56. The van der Waals surface area contributed by atoms with Gasteiger partial charge in [0.2, 0.25) is 0 Å². The second kappa shape index (κ2) is 7.36. The van der Waals surface area contributed by atoms with Gasteiger partial charge in [-0.05, 0) is 43.6 Å². The number of rotatable bonds is 9. The molecule has 0 aromatic carbocycles. The highest BCUT2D eigenvalue weighted by atomic mass is 32.2. The Morgan fingerprint density at radius 1 is 1.61 bits per heavy atom. The lowest BCUT2D eigenvalue weighted by atomic mass is 9.99. The number of hydrogen-bond acceptors (Lipinski definition) is 5. The molecule has 2 atom stereocenters. The quantitative estimate of drug-likeness (QED) is 0.492. The third-order valence-electron chi connectivity index (χ3n) is 3.20. The molecule has 0 bridgehead atoms. The lowest BCUT2D eigenvalue weighted by Gasteiger charge is -2.28. The number of carbonyl (C=O) groups is 1. The fraction of sp³-hybridized carbons (Fsp3) is 0.923. The van der Waals surface area contributed by atoms with Crippen LogP contribution in [0.2, 0.25) is 0 Å². The van der Waals surface area contributed by atoms with Crippen LogP contribution in [0.4, 0.5) is 0 Å². The van der Waals surface area contributed by atoms with E-state index < -0.39 is 5.54 Å². The van der Waals surface area contributed by atoms with E-state index in [4.69, 9.17) is 9.84 Å². The minimum absolute atomic E-state index is 0.176. The smallest absolute Gasteiger partial charge is 0.325 e. The van der Waals surface area contributed by atoms with Crippen LogP contribution in [0.25, 0.3) is 0 Å². The van der Waals surface area contributed by atoms with Gasteiger partial charge in [-0.2, -0.15) is 11.8 Å². The first-order chi connectivity index (χ1) is 8.51. The van der Waals surface area contributed by atoms with Crippen LogP contribution >= 0.6 is 11.8 Å². The summed E-state index contributed by atoms with van der Waals surface area (Å²) in [5.74, 6) is 1.97. The molecule has 0 heterocycles. The summed E-state index contributed by atoms with van der Waals surface area (Å²) in [6, 6.07) is 0.482. The van der Waals surface area contributed by atoms with Crippen LogP contribution in [0.3, 0.4) is 0 Å². The zero-order valence-electron chi connectivity index (χ0n) is 11.6. The summed E-state index contributed by atoms with van der Waals surface area (Å²) in [4.78, 5) is 11.8. The van der Waals surface area contributed by atoms with Gasteiger partial charge in [0, 0.05) is 12.6 Å². The maximum Gasteiger partial charge on any atom is 0.325 e. The van der Waals surface area contributed by atoms with Crippen LogP contribution in [0.5, 0.6) is 0 Å². The monoisotopic (exact) mass is 275 g/mol. The van der Waals surface area contributed by atoms with Crippen LogP contribution < -0.4 is 5.32 Å². The van der Waals surface area contributed by atoms with E-state index in [1.165, 1.54) is 7.11 Å². The molecule has 1 aliphatic carbocycles. The second-order valence-electron chi connectivity index (χ2n) is 5.35. The average Bonchev–Trinajstić information content (AvgIpc) is 3.16. The fourth-order valence-corrected chi connectivity index (χ4v) is 2.98. The lowest BCUT2D eigenvalue weighted by molar-refractivity contribution is -0.148. The molecule has 1 saturated carbocycles. The molecule has 106 valence electrons. The van der Waals surface area contributed by atoms with E-state index >= 15 is 0 Å². The number of methoxy groups -OCH3 is 1. The number of hydrogen-bond donors (Lipinski definition) is 2. The maximum atomic E-state index is 11.8. The number of ether oxygens (including phenoxy) is 1. The molecule has 0 aliphatic heterocycles. The van der Waals surface area contributed by atoms with Gasteiger partial charge in [-0.15, -0.1) is 0 Å². The molecule has 2 unspecified atom stereocenters. The normalized spacial score (nSPS) is 20.2. The van der Waals surface area contributed by atoms with Crippen molar-refractivity contribution in [2.45, 2.75) is 44.7 Å².